The molecule has 2 aromatic rings. The Balaban J connectivity index is 1.55. The Morgan fingerprint density at radius 1 is 1.32 bits per heavy atom. The number of hydrogen-bond donors (Lipinski definition) is 0. The lowest BCUT2D eigenvalue weighted by molar-refractivity contribution is 0.00708. The minimum absolute atomic E-state index is 0.132. The van der Waals surface area contributed by atoms with Crippen LogP contribution in [0.25, 0.3) is 11.1 Å². The molecular weight excluding hydrogens is 320 g/mol. The van der Waals surface area contributed by atoms with Crippen LogP contribution >= 0.6 is 0 Å². The minimum Gasteiger partial charge on any atom is -0.450 e. The first-order chi connectivity index (χ1) is 11.9. The molecule has 0 saturated carbocycles. The molecule has 0 unspecified atom stereocenters. The molecule has 6 nitrogen and oxygen atoms in total. The summed E-state index contributed by atoms with van der Waals surface area (Å²) in [4.78, 5) is 18.5. The van der Waals surface area contributed by atoms with Gasteiger partial charge in [-0.15, -0.1) is 0 Å². The molecule has 1 aromatic heterocycles. The van der Waals surface area contributed by atoms with Crippen LogP contribution in [0, 0.1) is 0 Å². The molecule has 1 aliphatic heterocycles. The number of fused-ring (bicyclic) bond motifs is 1. The summed E-state index contributed by atoms with van der Waals surface area (Å²) in [7, 11) is 0. The van der Waals surface area contributed by atoms with Crippen LogP contribution in [0.5, 0.6) is 6.08 Å². The van der Waals surface area contributed by atoms with Crippen molar-refractivity contribution < 1.29 is 18.7 Å². The molecule has 3 rings (SSSR count). The third kappa shape index (κ3) is 4.65. The van der Waals surface area contributed by atoms with Gasteiger partial charge in [-0.1, -0.05) is 12.1 Å². The summed E-state index contributed by atoms with van der Waals surface area (Å²) in [5, 5.41) is 0. The van der Waals surface area contributed by atoms with Gasteiger partial charge in [0.1, 0.15) is 11.1 Å². The van der Waals surface area contributed by atoms with E-state index in [0.29, 0.717) is 12.2 Å². The molecule has 1 saturated heterocycles. The van der Waals surface area contributed by atoms with E-state index in [9.17, 15) is 4.79 Å². The summed E-state index contributed by atoms with van der Waals surface area (Å²) in [6.45, 7) is 6.86. The first-order valence-corrected chi connectivity index (χ1v) is 8.90. The zero-order chi connectivity index (χ0) is 17.9. The maximum atomic E-state index is 12.4. The first-order valence-electron chi connectivity index (χ1n) is 8.90. The summed E-state index contributed by atoms with van der Waals surface area (Å²) in [5.41, 5.74) is 1.02. The van der Waals surface area contributed by atoms with Crippen LogP contribution in [-0.2, 0) is 4.74 Å². The van der Waals surface area contributed by atoms with Crippen molar-refractivity contribution in [2.75, 3.05) is 13.2 Å². The number of oxazole rings is 1. The van der Waals surface area contributed by atoms with E-state index in [1.54, 1.807) is 0 Å². The van der Waals surface area contributed by atoms with E-state index in [2.05, 4.69) is 4.98 Å². The molecular formula is C19H26N2O4. The highest BCUT2D eigenvalue weighted by Crippen LogP contribution is 2.24. The summed E-state index contributed by atoms with van der Waals surface area (Å²) in [6.07, 6.45) is 3.88. The van der Waals surface area contributed by atoms with E-state index in [1.165, 1.54) is 0 Å². The molecule has 0 spiro atoms. The van der Waals surface area contributed by atoms with E-state index in [1.807, 2.05) is 49.9 Å². The number of likely N-dealkylation sites (tertiary alicyclic amines) is 1. The van der Waals surface area contributed by atoms with Gasteiger partial charge in [-0.05, 0) is 52.2 Å². The first kappa shape index (κ1) is 17.6. The van der Waals surface area contributed by atoms with E-state index in [0.717, 1.165) is 37.7 Å². The molecule has 0 aliphatic carbocycles. The molecule has 0 bridgehead atoms. The van der Waals surface area contributed by atoms with Gasteiger partial charge in [0.15, 0.2) is 5.58 Å². The van der Waals surface area contributed by atoms with Gasteiger partial charge in [0, 0.05) is 19.0 Å². The number of ether oxygens (including phenoxy) is 2. The van der Waals surface area contributed by atoms with Gasteiger partial charge in [0.05, 0.1) is 6.61 Å². The van der Waals surface area contributed by atoms with Crippen LogP contribution in [-0.4, -0.2) is 40.8 Å². The van der Waals surface area contributed by atoms with Gasteiger partial charge in [-0.3, -0.25) is 0 Å². The number of rotatable bonds is 4. The quantitative estimate of drug-likeness (QED) is 0.821. The molecule has 6 heteroatoms. The number of para-hydroxylation sites is 2. The number of carbonyl (C=O) groups excluding carboxylic acids is 1. The highest BCUT2D eigenvalue weighted by atomic mass is 16.6. The number of amides is 1. The zero-order valence-electron chi connectivity index (χ0n) is 15.2. The van der Waals surface area contributed by atoms with Crippen LogP contribution in [0.15, 0.2) is 28.7 Å². The number of nitrogens with zero attached hydrogens (tertiary/aromatic N) is 2. The average Bonchev–Trinajstić information content (AvgIpc) is 2.96. The van der Waals surface area contributed by atoms with Gasteiger partial charge in [0.25, 0.3) is 0 Å². The van der Waals surface area contributed by atoms with Crippen LogP contribution in [0.1, 0.15) is 46.5 Å². The number of piperidine rings is 1. The van der Waals surface area contributed by atoms with Gasteiger partial charge in [-0.25, -0.2) is 4.79 Å². The molecule has 1 atom stereocenters. The normalized spacial score (nSPS) is 18.4. The number of aromatic nitrogens is 1. The summed E-state index contributed by atoms with van der Waals surface area (Å²) >= 11 is 0. The largest absolute Gasteiger partial charge is 0.450 e. The summed E-state index contributed by atoms with van der Waals surface area (Å²) in [5.74, 6) is 0. The van der Waals surface area contributed by atoms with Gasteiger partial charge in [-0.2, -0.15) is 4.98 Å². The Hall–Kier alpha value is -2.24. The Bertz CT molecular complexity index is 687. The van der Waals surface area contributed by atoms with Crippen molar-refractivity contribution in [2.24, 2.45) is 0 Å². The lowest BCUT2D eigenvalue weighted by Crippen LogP contribution is -2.46. The van der Waals surface area contributed by atoms with Crippen LogP contribution < -0.4 is 4.74 Å². The Kier molecular flexibility index (Phi) is 5.16. The SMILES string of the molecule is CC(C)(C)OC(=O)N1CCCC[C@@H]1CCOc1nc2ccccc2o1. The Morgan fingerprint density at radius 2 is 2.12 bits per heavy atom. The lowest BCUT2D eigenvalue weighted by Gasteiger charge is -2.36. The molecule has 1 fully saturated rings. The highest BCUT2D eigenvalue weighted by Gasteiger charge is 2.30. The smallest absolute Gasteiger partial charge is 0.410 e. The topological polar surface area (TPSA) is 64.8 Å². The lowest BCUT2D eigenvalue weighted by atomic mass is 10.0. The monoisotopic (exact) mass is 346 g/mol. The van der Waals surface area contributed by atoms with E-state index >= 15 is 0 Å². The third-order valence-electron chi connectivity index (χ3n) is 4.21. The Morgan fingerprint density at radius 3 is 2.88 bits per heavy atom. The molecule has 1 amide bonds. The summed E-state index contributed by atoms with van der Waals surface area (Å²) < 4.78 is 16.8. The van der Waals surface area contributed by atoms with Crippen LogP contribution in [0.4, 0.5) is 4.79 Å². The average molecular weight is 346 g/mol. The fourth-order valence-electron chi connectivity index (χ4n) is 3.06. The number of benzene rings is 1. The van der Waals surface area contributed by atoms with Crippen LogP contribution in [0.3, 0.4) is 0 Å². The fraction of sp³-hybridized carbons (Fsp3) is 0.579. The second-order valence-corrected chi connectivity index (χ2v) is 7.41. The number of carbonyl (C=O) groups is 1. The third-order valence-corrected chi connectivity index (χ3v) is 4.21. The molecule has 136 valence electrons. The molecule has 0 N–H and O–H groups in total. The maximum Gasteiger partial charge on any atom is 0.410 e. The summed E-state index contributed by atoms with van der Waals surface area (Å²) in [6, 6.07) is 7.69. The van der Waals surface area contributed by atoms with E-state index in [-0.39, 0.29) is 18.2 Å². The van der Waals surface area contributed by atoms with Crippen molar-refractivity contribution in [3.05, 3.63) is 24.3 Å². The Labute approximate surface area is 148 Å². The number of hydrogen-bond acceptors (Lipinski definition) is 5. The zero-order valence-corrected chi connectivity index (χ0v) is 15.2. The van der Waals surface area contributed by atoms with Crippen molar-refractivity contribution in [2.45, 2.75) is 58.1 Å². The molecule has 1 aromatic carbocycles. The second kappa shape index (κ2) is 7.33. The van der Waals surface area contributed by atoms with Gasteiger partial charge in [0.2, 0.25) is 0 Å². The van der Waals surface area contributed by atoms with Crippen molar-refractivity contribution in [1.82, 2.24) is 9.88 Å². The molecule has 2 heterocycles. The predicted octanol–water partition coefficient (Wildman–Crippen LogP) is 4.39. The predicted molar refractivity (Wildman–Crippen MR) is 94.7 cm³/mol. The van der Waals surface area contributed by atoms with E-state index in [4.69, 9.17) is 13.9 Å². The van der Waals surface area contributed by atoms with Crippen molar-refractivity contribution in [3.8, 4) is 6.08 Å². The van der Waals surface area contributed by atoms with Crippen molar-refractivity contribution in [1.29, 1.82) is 0 Å². The molecule has 1 aliphatic rings. The standard InChI is InChI=1S/C19H26N2O4/c1-19(2,3)25-18(22)21-12-7-6-8-14(21)11-13-23-17-20-15-9-4-5-10-16(15)24-17/h4-5,9-10,14H,6-8,11-13H2,1-3H3/t14-/m1/s1. The van der Waals surface area contributed by atoms with Gasteiger partial charge >= 0.3 is 12.2 Å². The fourth-order valence-corrected chi connectivity index (χ4v) is 3.06. The van der Waals surface area contributed by atoms with Crippen LogP contribution in [0.2, 0.25) is 0 Å². The highest BCUT2D eigenvalue weighted by molar-refractivity contribution is 5.72. The minimum atomic E-state index is -0.478. The second-order valence-electron chi connectivity index (χ2n) is 7.41. The molecule has 25 heavy (non-hydrogen) atoms. The molecule has 0 radical (unpaired) electrons. The van der Waals surface area contributed by atoms with E-state index < -0.39 is 5.60 Å². The maximum absolute atomic E-state index is 12.4. The van der Waals surface area contributed by atoms with Gasteiger partial charge < -0.3 is 18.8 Å². The van der Waals surface area contributed by atoms with Crippen molar-refractivity contribution >= 4 is 17.2 Å². The van der Waals surface area contributed by atoms with Crippen molar-refractivity contribution in [3.63, 3.8) is 0 Å².